The summed E-state index contributed by atoms with van der Waals surface area (Å²) in [5.41, 5.74) is 1.80. The molecule has 3 aromatic rings. The minimum absolute atomic E-state index is 0.00109. The predicted octanol–water partition coefficient (Wildman–Crippen LogP) is 3.44. The number of methoxy groups -OCH3 is 1. The fourth-order valence-electron chi connectivity index (χ4n) is 4.08. The van der Waals surface area contributed by atoms with Gasteiger partial charge in [0.1, 0.15) is 11.5 Å². The average molecular weight is 444 g/mol. The molecule has 2 aromatic carbocycles. The molecule has 1 saturated heterocycles. The summed E-state index contributed by atoms with van der Waals surface area (Å²) >= 11 is 0. The molecule has 8 nitrogen and oxygen atoms in total. The molecule has 8 heteroatoms. The normalized spacial score (nSPS) is 18.6. The number of aliphatic hydroxyl groups excluding tert-OH is 1. The smallest absolute Gasteiger partial charge is 0.295 e. The SMILES string of the molecule is COc1cccc(C(O)=C2C(=O)C(=O)N(Cc3ccncc3)C2c2ccc3c(c2)OCO3)c1. The Bertz CT molecular complexity index is 1270. The maximum absolute atomic E-state index is 13.2. The third-order valence-electron chi connectivity index (χ3n) is 5.70. The van der Waals surface area contributed by atoms with E-state index in [1.54, 1.807) is 67.0 Å². The van der Waals surface area contributed by atoms with Crippen molar-refractivity contribution in [2.45, 2.75) is 12.6 Å². The summed E-state index contributed by atoms with van der Waals surface area (Å²) in [7, 11) is 1.51. The molecule has 33 heavy (non-hydrogen) atoms. The Balaban J connectivity index is 1.66. The highest BCUT2D eigenvalue weighted by atomic mass is 16.7. The topological polar surface area (TPSA) is 98.2 Å². The number of amides is 1. The zero-order chi connectivity index (χ0) is 22.9. The van der Waals surface area contributed by atoms with Gasteiger partial charge in [-0.1, -0.05) is 18.2 Å². The van der Waals surface area contributed by atoms with E-state index >= 15 is 0 Å². The summed E-state index contributed by atoms with van der Waals surface area (Å²) in [6.45, 7) is 0.265. The van der Waals surface area contributed by atoms with Gasteiger partial charge in [0.05, 0.1) is 18.7 Å². The number of carbonyl (C=O) groups excluding carboxylic acids is 2. The van der Waals surface area contributed by atoms with Crippen LogP contribution in [0.3, 0.4) is 0 Å². The molecule has 0 spiro atoms. The quantitative estimate of drug-likeness (QED) is 0.366. The van der Waals surface area contributed by atoms with Crippen molar-refractivity contribution in [1.82, 2.24) is 9.88 Å². The van der Waals surface area contributed by atoms with Crippen molar-refractivity contribution in [3.8, 4) is 17.2 Å². The van der Waals surface area contributed by atoms with Crippen LogP contribution in [0.5, 0.6) is 17.2 Å². The molecule has 0 radical (unpaired) electrons. The van der Waals surface area contributed by atoms with E-state index < -0.39 is 17.7 Å². The zero-order valence-electron chi connectivity index (χ0n) is 17.7. The number of pyridine rings is 1. The Morgan fingerprint density at radius 1 is 1.09 bits per heavy atom. The molecule has 1 aromatic heterocycles. The van der Waals surface area contributed by atoms with Crippen LogP contribution in [0.25, 0.3) is 5.76 Å². The minimum atomic E-state index is -0.820. The molecule has 0 aliphatic carbocycles. The second-order valence-electron chi connectivity index (χ2n) is 7.63. The number of aromatic nitrogens is 1. The lowest BCUT2D eigenvalue weighted by molar-refractivity contribution is -0.140. The van der Waals surface area contributed by atoms with Crippen molar-refractivity contribution in [2.24, 2.45) is 0 Å². The molecule has 5 rings (SSSR count). The fourth-order valence-corrected chi connectivity index (χ4v) is 4.08. The average Bonchev–Trinajstić information content (AvgIpc) is 3.42. The first-order valence-corrected chi connectivity index (χ1v) is 10.3. The van der Waals surface area contributed by atoms with Gasteiger partial charge in [-0.15, -0.1) is 0 Å². The Hall–Kier alpha value is -4.33. The fraction of sp³-hybridized carbons (Fsp3) is 0.160. The molecule has 1 N–H and O–H groups in total. The van der Waals surface area contributed by atoms with Gasteiger partial charge in [0.15, 0.2) is 11.5 Å². The monoisotopic (exact) mass is 444 g/mol. The predicted molar refractivity (Wildman–Crippen MR) is 118 cm³/mol. The highest BCUT2D eigenvalue weighted by Crippen LogP contribution is 2.43. The van der Waals surface area contributed by atoms with E-state index in [1.807, 2.05) is 0 Å². The number of hydrogen-bond donors (Lipinski definition) is 1. The summed E-state index contributed by atoms with van der Waals surface area (Å²) in [4.78, 5) is 31.8. The number of hydrogen-bond acceptors (Lipinski definition) is 7. The number of benzene rings is 2. The van der Waals surface area contributed by atoms with Crippen LogP contribution >= 0.6 is 0 Å². The first-order chi connectivity index (χ1) is 16.1. The molecule has 1 fully saturated rings. The number of aliphatic hydroxyl groups is 1. The molecule has 0 bridgehead atoms. The van der Waals surface area contributed by atoms with E-state index in [9.17, 15) is 14.7 Å². The van der Waals surface area contributed by atoms with Crippen LogP contribution in [0.1, 0.15) is 22.7 Å². The molecular weight excluding hydrogens is 424 g/mol. The highest BCUT2D eigenvalue weighted by Gasteiger charge is 2.46. The van der Waals surface area contributed by atoms with Crippen LogP contribution in [0.4, 0.5) is 0 Å². The summed E-state index contributed by atoms with van der Waals surface area (Å²) in [6, 6.07) is 14.7. The van der Waals surface area contributed by atoms with Gasteiger partial charge in [-0.05, 0) is 47.5 Å². The first kappa shape index (κ1) is 20.6. The van der Waals surface area contributed by atoms with E-state index in [0.717, 1.165) is 5.56 Å². The van der Waals surface area contributed by atoms with E-state index in [2.05, 4.69) is 4.98 Å². The summed E-state index contributed by atoms with van der Waals surface area (Å²) in [6.07, 6.45) is 3.25. The Morgan fingerprint density at radius 2 is 1.88 bits per heavy atom. The number of ether oxygens (including phenoxy) is 3. The molecule has 1 unspecified atom stereocenters. The van der Waals surface area contributed by atoms with Gasteiger partial charge in [0.2, 0.25) is 6.79 Å². The van der Waals surface area contributed by atoms with Gasteiger partial charge in [-0.3, -0.25) is 14.6 Å². The van der Waals surface area contributed by atoms with Crippen molar-refractivity contribution in [3.05, 3.63) is 89.3 Å². The summed E-state index contributed by atoms with van der Waals surface area (Å²) in [5, 5.41) is 11.2. The van der Waals surface area contributed by atoms with Crippen molar-refractivity contribution in [1.29, 1.82) is 0 Å². The van der Waals surface area contributed by atoms with Crippen LogP contribution in [0, 0.1) is 0 Å². The molecule has 166 valence electrons. The molecule has 2 aliphatic rings. The largest absolute Gasteiger partial charge is 0.507 e. The lowest BCUT2D eigenvalue weighted by Gasteiger charge is -2.25. The van der Waals surface area contributed by atoms with Gasteiger partial charge in [0.25, 0.3) is 11.7 Å². The van der Waals surface area contributed by atoms with Crippen molar-refractivity contribution in [3.63, 3.8) is 0 Å². The summed E-state index contributed by atoms with van der Waals surface area (Å²) in [5.74, 6) is -0.108. The maximum atomic E-state index is 13.2. The first-order valence-electron chi connectivity index (χ1n) is 10.3. The number of rotatable bonds is 5. The Kier molecular flexibility index (Phi) is 5.18. The Labute approximate surface area is 189 Å². The molecule has 2 aliphatic heterocycles. The number of carbonyl (C=O) groups is 2. The number of ketones is 1. The van der Waals surface area contributed by atoms with Crippen LogP contribution in [-0.4, -0.2) is 40.6 Å². The van der Waals surface area contributed by atoms with E-state index in [-0.39, 0.29) is 24.7 Å². The second-order valence-corrected chi connectivity index (χ2v) is 7.63. The number of fused-ring (bicyclic) bond motifs is 1. The molecular formula is C25H20N2O6. The van der Waals surface area contributed by atoms with E-state index in [0.29, 0.717) is 28.4 Å². The van der Waals surface area contributed by atoms with E-state index in [4.69, 9.17) is 14.2 Å². The Morgan fingerprint density at radius 3 is 2.67 bits per heavy atom. The van der Waals surface area contributed by atoms with Gasteiger partial charge < -0.3 is 24.2 Å². The minimum Gasteiger partial charge on any atom is -0.507 e. The number of Topliss-reactive ketones (excluding diaryl/α,β-unsaturated/α-hetero) is 1. The van der Waals surface area contributed by atoms with Crippen molar-refractivity contribution in [2.75, 3.05) is 13.9 Å². The maximum Gasteiger partial charge on any atom is 0.295 e. The third-order valence-corrected chi connectivity index (χ3v) is 5.70. The summed E-state index contributed by atoms with van der Waals surface area (Å²) < 4.78 is 16.1. The van der Waals surface area contributed by atoms with Crippen molar-refractivity contribution < 1.29 is 28.9 Å². The molecule has 1 atom stereocenters. The van der Waals surface area contributed by atoms with Crippen LogP contribution in [-0.2, 0) is 16.1 Å². The van der Waals surface area contributed by atoms with Crippen molar-refractivity contribution >= 4 is 17.4 Å². The lowest BCUT2D eigenvalue weighted by Crippen LogP contribution is -2.29. The van der Waals surface area contributed by atoms with Gasteiger partial charge in [-0.25, -0.2) is 0 Å². The number of nitrogens with zero attached hydrogens (tertiary/aromatic N) is 2. The van der Waals surface area contributed by atoms with Crippen LogP contribution < -0.4 is 14.2 Å². The highest BCUT2D eigenvalue weighted by molar-refractivity contribution is 6.46. The van der Waals surface area contributed by atoms with E-state index in [1.165, 1.54) is 12.0 Å². The third kappa shape index (κ3) is 3.65. The second kappa shape index (κ2) is 8.31. The molecule has 1 amide bonds. The standard InChI is InChI=1S/C25H20N2O6/c1-31-18-4-2-3-17(11-18)23(28)21-22(16-5-6-19-20(12-16)33-14-32-19)27(25(30)24(21)29)13-15-7-9-26-10-8-15/h2-12,22,28H,13-14H2,1H3. The number of likely N-dealkylation sites (tertiary alicyclic amines) is 1. The zero-order valence-corrected chi connectivity index (χ0v) is 17.7. The van der Waals surface area contributed by atoms with Crippen LogP contribution in [0.2, 0.25) is 0 Å². The molecule has 3 heterocycles. The van der Waals surface area contributed by atoms with Gasteiger partial charge in [-0.2, -0.15) is 0 Å². The lowest BCUT2D eigenvalue weighted by atomic mass is 9.94. The molecule has 0 saturated carbocycles. The van der Waals surface area contributed by atoms with Gasteiger partial charge >= 0.3 is 0 Å². The van der Waals surface area contributed by atoms with Crippen LogP contribution in [0.15, 0.2) is 72.6 Å². The van der Waals surface area contributed by atoms with Gasteiger partial charge in [0, 0.05) is 24.5 Å².